The zero-order chi connectivity index (χ0) is 11.5. The molecule has 84 valence electrons. The number of amides is 1. The minimum absolute atomic E-state index is 0.0451. The van der Waals surface area contributed by atoms with E-state index in [0.717, 1.165) is 5.56 Å². The molecule has 0 saturated carbocycles. The molecule has 0 aromatic carbocycles. The van der Waals surface area contributed by atoms with E-state index in [-0.39, 0.29) is 5.91 Å². The minimum Gasteiger partial charge on any atom is -0.341 e. The average Bonchev–Trinajstić information content (AvgIpc) is 2.53. The first-order chi connectivity index (χ1) is 6.88. The second kappa shape index (κ2) is 4.44. The summed E-state index contributed by atoms with van der Waals surface area (Å²) in [6.07, 6.45) is 3.83. The van der Waals surface area contributed by atoms with Crippen molar-refractivity contribution in [3.8, 4) is 0 Å². The van der Waals surface area contributed by atoms with E-state index in [1.165, 1.54) is 0 Å². The van der Waals surface area contributed by atoms with E-state index in [1.807, 2.05) is 13.8 Å². The Kier molecular flexibility index (Phi) is 3.47. The number of carbonyl (C=O) groups is 1. The van der Waals surface area contributed by atoms with Crippen LogP contribution in [0.4, 0.5) is 0 Å². The second-order valence-corrected chi connectivity index (χ2v) is 4.52. The molecular formula is C10H18N4O. The van der Waals surface area contributed by atoms with Crippen LogP contribution in [0.3, 0.4) is 0 Å². The third-order valence-electron chi connectivity index (χ3n) is 2.01. The Hall–Kier alpha value is -1.36. The predicted molar refractivity (Wildman–Crippen MR) is 57.9 cm³/mol. The maximum atomic E-state index is 11.7. The molecule has 1 aromatic heterocycles. The van der Waals surface area contributed by atoms with Gasteiger partial charge in [0.15, 0.2) is 0 Å². The lowest BCUT2D eigenvalue weighted by Crippen LogP contribution is -2.39. The van der Waals surface area contributed by atoms with Gasteiger partial charge in [-0.2, -0.15) is 5.10 Å². The van der Waals surface area contributed by atoms with E-state index in [9.17, 15) is 4.79 Å². The summed E-state index contributed by atoms with van der Waals surface area (Å²) < 4.78 is 0. The highest BCUT2D eigenvalue weighted by atomic mass is 16.2. The van der Waals surface area contributed by atoms with Crippen LogP contribution in [-0.2, 0) is 11.3 Å². The average molecular weight is 210 g/mol. The summed E-state index contributed by atoms with van der Waals surface area (Å²) in [5, 5.41) is 6.53. The Morgan fingerprint density at radius 1 is 1.67 bits per heavy atom. The van der Waals surface area contributed by atoms with Crippen LogP contribution < -0.4 is 5.73 Å². The summed E-state index contributed by atoms with van der Waals surface area (Å²) in [7, 11) is 1.76. The maximum Gasteiger partial charge on any atom is 0.224 e. The van der Waals surface area contributed by atoms with Gasteiger partial charge >= 0.3 is 0 Å². The van der Waals surface area contributed by atoms with E-state index in [0.29, 0.717) is 13.0 Å². The van der Waals surface area contributed by atoms with Crippen molar-refractivity contribution >= 4 is 5.91 Å². The summed E-state index contributed by atoms with van der Waals surface area (Å²) in [4.78, 5) is 13.4. The van der Waals surface area contributed by atoms with E-state index < -0.39 is 5.54 Å². The molecule has 1 heterocycles. The molecule has 0 saturated heterocycles. The molecule has 0 aliphatic carbocycles. The normalized spacial score (nSPS) is 11.5. The fraction of sp³-hybridized carbons (Fsp3) is 0.600. The highest BCUT2D eigenvalue weighted by molar-refractivity contribution is 5.77. The molecule has 1 aromatic rings. The molecular weight excluding hydrogens is 192 g/mol. The zero-order valence-corrected chi connectivity index (χ0v) is 9.45. The number of nitrogens with one attached hydrogen (secondary N) is 1. The number of nitrogens with two attached hydrogens (primary N) is 1. The molecule has 0 bridgehead atoms. The van der Waals surface area contributed by atoms with Crippen molar-refractivity contribution < 1.29 is 4.79 Å². The van der Waals surface area contributed by atoms with Crippen LogP contribution in [0.1, 0.15) is 25.8 Å². The molecule has 0 radical (unpaired) electrons. The number of hydrogen-bond acceptors (Lipinski definition) is 3. The summed E-state index contributed by atoms with van der Waals surface area (Å²) in [6.45, 7) is 4.25. The number of hydrogen-bond donors (Lipinski definition) is 2. The maximum absolute atomic E-state index is 11.7. The molecule has 15 heavy (non-hydrogen) atoms. The Bertz CT molecular complexity index is 313. The standard InChI is InChI=1S/C10H18N4O/c1-10(2,11)4-9(15)14(3)7-8-5-12-13-6-8/h5-6H,4,7,11H2,1-3H3,(H,12,13). The van der Waals surface area contributed by atoms with Crippen LogP contribution >= 0.6 is 0 Å². The molecule has 3 N–H and O–H groups in total. The molecule has 5 heteroatoms. The first kappa shape index (κ1) is 11.7. The van der Waals surface area contributed by atoms with E-state index in [2.05, 4.69) is 10.2 Å². The van der Waals surface area contributed by atoms with Crippen LogP contribution in [-0.4, -0.2) is 33.6 Å². The van der Waals surface area contributed by atoms with Gasteiger partial charge in [-0.3, -0.25) is 9.89 Å². The van der Waals surface area contributed by atoms with Crippen LogP contribution in [0.2, 0.25) is 0 Å². The first-order valence-corrected chi connectivity index (χ1v) is 4.89. The number of aromatic amines is 1. The Morgan fingerprint density at radius 3 is 2.80 bits per heavy atom. The van der Waals surface area contributed by atoms with Crippen molar-refractivity contribution in [3.63, 3.8) is 0 Å². The molecule has 0 aliphatic heterocycles. The van der Waals surface area contributed by atoms with Crippen LogP contribution in [0.5, 0.6) is 0 Å². The lowest BCUT2D eigenvalue weighted by molar-refractivity contribution is -0.131. The van der Waals surface area contributed by atoms with Crippen LogP contribution in [0.25, 0.3) is 0 Å². The van der Waals surface area contributed by atoms with Gasteiger partial charge in [-0.15, -0.1) is 0 Å². The molecule has 1 rings (SSSR count). The van der Waals surface area contributed by atoms with Crippen LogP contribution in [0.15, 0.2) is 12.4 Å². The number of aromatic nitrogens is 2. The van der Waals surface area contributed by atoms with Gasteiger partial charge in [0.25, 0.3) is 0 Å². The number of carbonyl (C=O) groups excluding carboxylic acids is 1. The predicted octanol–water partition coefficient (Wildman–Crippen LogP) is 0.496. The van der Waals surface area contributed by atoms with E-state index in [4.69, 9.17) is 5.73 Å². The van der Waals surface area contributed by atoms with Crippen molar-refractivity contribution in [1.29, 1.82) is 0 Å². The molecule has 0 spiro atoms. The van der Waals surface area contributed by atoms with Gasteiger partial charge in [0.05, 0.1) is 6.20 Å². The zero-order valence-electron chi connectivity index (χ0n) is 9.45. The van der Waals surface area contributed by atoms with Gasteiger partial charge in [-0.05, 0) is 13.8 Å². The number of rotatable bonds is 4. The Labute approximate surface area is 89.6 Å². The van der Waals surface area contributed by atoms with Crippen LogP contribution in [0, 0.1) is 0 Å². The molecule has 0 aliphatic rings. The van der Waals surface area contributed by atoms with Crippen molar-refractivity contribution in [2.45, 2.75) is 32.4 Å². The van der Waals surface area contributed by atoms with Gasteiger partial charge in [0.1, 0.15) is 0 Å². The van der Waals surface area contributed by atoms with Gasteiger partial charge in [0.2, 0.25) is 5.91 Å². The fourth-order valence-electron chi connectivity index (χ4n) is 1.25. The second-order valence-electron chi connectivity index (χ2n) is 4.52. The Balaban J connectivity index is 2.47. The summed E-state index contributed by atoms with van der Waals surface area (Å²) in [5.41, 5.74) is 6.31. The van der Waals surface area contributed by atoms with Crippen molar-refractivity contribution in [3.05, 3.63) is 18.0 Å². The summed E-state index contributed by atoms with van der Waals surface area (Å²) in [6, 6.07) is 0. The SMILES string of the molecule is CN(Cc1cn[nH]c1)C(=O)CC(C)(C)N. The number of H-pyrrole nitrogens is 1. The van der Waals surface area contributed by atoms with Gasteiger partial charge < -0.3 is 10.6 Å². The van der Waals surface area contributed by atoms with Gasteiger partial charge in [-0.1, -0.05) is 0 Å². The molecule has 1 amide bonds. The van der Waals surface area contributed by atoms with Crippen molar-refractivity contribution in [2.24, 2.45) is 5.73 Å². The molecule has 5 nitrogen and oxygen atoms in total. The quantitative estimate of drug-likeness (QED) is 0.759. The highest BCUT2D eigenvalue weighted by Crippen LogP contribution is 2.08. The minimum atomic E-state index is -0.457. The smallest absolute Gasteiger partial charge is 0.224 e. The lowest BCUT2D eigenvalue weighted by atomic mass is 10.0. The highest BCUT2D eigenvalue weighted by Gasteiger charge is 2.19. The third-order valence-corrected chi connectivity index (χ3v) is 2.01. The van der Waals surface area contributed by atoms with E-state index in [1.54, 1.807) is 24.3 Å². The summed E-state index contributed by atoms with van der Waals surface area (Å²) in [5.74, 6) is 0.0451. The first-order valence-electron chi connectivity index (χ1n) is 4.89. The van der Waals surface area contributed by atoms with E-state index >= 15 is 0 Å². The Morgan fingerprint density at radius 2 is 2.33 bits per heavy atom. The molecule has 0 unspecified atom stereocenters. The largest absolute Gasteiger partial charge is 0.341 e. The van der Waals surface area contributed by atoms with Gasteiger partial charge in [-0.25, -0.2) is 0 Å². The lowest BCUT2D eigenvalue weighted by Gasteiger charge is -2.22. The van der Waals surface area contributed by atoms with Crippen molar-refractivity contribution in [1.82, 2.24) is 15.1 Å². The fourth-order valence-corrected chi connectivity index (χ4v) is 1.25. The van der Waals surface area contributed by atoms with Gasteiger partial charge in [0, 0.05) is 37.3 Å². The molecule has 0 fully saturated rings. The third kappa shape index (κ3) is 4.12. The summed E-state index contributed by atoms with van der Waals surface area (Å²) >= 11 is 0. The number of nitrogens with zero attached hydrogens (tertiary/aromatic N) is 2. The topological polar surface area (TPSA) is 75.0 Å². The molecule has 0 atom stereocenters. The monoisotopic (exact) mass is 210 g/mol. The van der Waals surface area contributed by atoms with Crippen molar-refractivity contribution in [2.75, 3.05) is 7.05 Å².